The van der Waals surface area contributed by atoms with Crippen LogP contribution in [0, 0.1) is 0 Å². The number of rotatable bonds is 7. The van der Waals surface area contributed by atoms with E-state index < -0.39 is 17.7 Å². The normalized spacial score (nSPS) is 12.4. The van der Waals surface area contributed by atoms with Gasteiger partial charge in [-0.05, 0) is 50.2 Å². The zero-order valence-electron chi connectivity index (χ0n) is 16.0. The number of hydrogen-bond acceptors (Lipinski definition) is 7. The van der Waals surface area contributed by atoms with Gasteiger partial charge >= 0.3 is 6.09 Å². The predicted molar refractivity (Wildman–Crippen MR) is 102 cm³/mol. The van der Waals surface area contributed by atoms with Crippen molar-refractivity contribution in [3.63, 3.8) is 0 Å². The summed E-state index contributed by atoms with van der Waals surface area (Å²) >= 11 is 0. The van der Waals surface area contributed by atoms with Gasteiger partial charge in [-0.2, -0.15) is 0 Å². The molecule has 0 fully saturated rings. The van der Waals surface area contributed by atoms with Crippen LogP contribution in [0.15, 0.2) is 53.3 Å². The number of carbonyl (C=O) groups is 1. The maximum atomic E-state index is 12.2. The van der Waals surface area contributed by atoms with Gasteiger partial charge < -0.3 is 24.1 Å². The second-order valence-corrected chi connectivity index (χ2v) is 7.14. The topological polar surface area (TPSA) is 95.7 Å². The second-order valence-electron chi connectivity index (χ2n) is 7.14. The number of nitrogens with one attached hydrogen (secondary N) is 1. The van der Waals surface area contributed by atoms with Gasteiger partial charge in [0.2, 0.25) is 0 Å². The third-order valence-corrected chi connectivity index (χ3v) is 3.57. The summed E-state index contributed by atoms with van der Waals surface area (Å²) in [5.74, 6) is 0.943. The van der Waals surface area contributed by atoms with Crippen molar-refractivity contribution < 1.29 is 23.5 Å². The Labute approximate surface area is 162 Å². The van der Waals surface area contributed by atoms with Crippen molar-refractivity contribution in [2.45, 2.75) is 32.4 Å². The van der Waals surface area contributed by atoms with Crippen LogP contribution in [0.4, 0.5) is 4.79 Å². The van der Waals surface area contributed by atoms with Crippen LogP contribution in [0.1, 0.15) is 20.8 Å². The fourth-order valence-corrected chi connectivity index (χ4v) is 2.38. The van der Waals surface area contributed by atoms with Crippen LogP contribution in [-0.2, 0) is 4.74 Å². The molecular weight excluding hydrogens is 362 g/mol. The average molecular weight is 385 g/mol. The molecule has 8 heteroatoms. The number of ether oxygens (including phenoxy) is 3. The lowest BCUT2D eigenvalue weighted by atomic mass is 10.2. The molecule has 0 radical (unpaired) electrons. The van der Waals surface area contributed by atoms with E-state index in [2.05, 4.69) is 15.5 Å². The minimum absolute atomic E-state index is 0.121. The molecule has 1 atom stereocenters. The van der Waals surface area contributed by atoms with Crippen LogP contribution in [0.25, 0.3) is 11.0 Å². The van der Waals surface area contributed by atoms with E-state index in [1.165, 1.54) is 0 Å². The molecule has 0 saturated heterocycles. The van der Waals surface area contributed by atoms with Crippen LogP contribution >= 0.6 is 0 Å². The van der Waals surface area contributed by atoms with Crippen molar-refractivity contribution in [1.82, 2.24) is 15.5 Å². The summed E-state index contributed by atoms with van der Waals surface area (Å²) in [6.45, 7) is 5.68. The Balaban J connectivity index is 1.65. The van der Waals surface area contributed by atoms with Gasteiger partial charge in [0.1, 0.15) is 30.6 Å². The highest BCUT2D eigenvalue weighted by Crippen LogP contribution is 2.24. The van der Waals surface area contributed by atoms with Crippen molar-refractivity contribution >= 4 is 17.1 Å². The Morgan fingerprint density at radius 3 is 2.68 bits per heavy atom. The quantitative estimate of drug-likeness (QED) is 0.664. The zero-order valence-corrected chi connectivity index (χ0v) is 16.0. The Kier molecular flexibility index (Phi) is 5.98. The van der Waals surface area contributed by atoms with Crippen molar-refractivity contribution in [2.24, 2.45) is 0 Å². The molecule has 3 aromatic rings. The molecule has 2 aromatic heterocycles. The lowest BCUT2D eigenvalue weighted by molar-refractivity contribution is 0.0463. The molecule has 1 unspecified atom stereocenters. The fourth-order valence-electron chi connectivity index (χ4n) is 2.38. The minimum atomic E-state index is -0.609. The molecule has 148 valence electrons. The van der Waals surface area contributed by atoms with Crippen molar-refractivity contribution in [3.8, 4) is 11.6 Å². The summed E-state index contributed by atoms with van der Waals surface area (Å²) in [5.41, 5.74) is 0.0166. The van der Waals surface area contributed by atoms with Gasteiger partial charge in [-0.1, -0.05) is 12.1 Å². The first-order valence-electron chi connectivity index (χ1n) is 8.90. The summed E-state index contributed by atoms with van der Waals surface area (Å²) in [4.78, 5) is 16.2. The Hall–Kier alpha value is -3.29. The van der Waals surface area contributed by atoms with E-state index in [0.717, 1.165) is 5.39 Å². The standard InChI is InChI=1S/C20H23N3O5/c1-20(2,3)27-19(24)22-14(12-25-15-7-6-10-21-11-15)13-26-18-16-8-4-5-9-17(16)28-23-18/h4-11,14H,12-13H2,1-3H3,(H,22,24). The molecule has 2 heterocycles. The highest BCUT2D eigenvalue weighted by molar-refractivity contribution is 5.81. The maximum Gasteiger partial charge on any atom is 0.408 e. The number of para-hydroxylation sites is 1. The monoisotopic (exact) mass is 385 g/mol. The van der Waals surface area contributed by atoms with Gasteiger partial charge in [-0.25, -0.2) is 4.79 Å². The minimum Gasteiger partial charge on any atom is -0.490 e. The molecule has 0 aliphatic rings. The molecule has 28 heavy (non-hydrogen) atoms. The van der Waals surface area contributed by atoms with Crippen molar-refractivity contribution in [3.05, 3.63) is 48.8 Å². The molecule has 8 nitrogen and oxygen atoms in total. The van der Waals surface area contributed by atoms with E-state index in [1.54, 1.807) is 51.4 Å². The average Bonchev–Trinajstić information content (AvgIpc) is 3.06. The lowest BCUT2D eigenvalue weighted by Crippen LogP contribution is -2.45. The zero-order chi connectivity index (χ0) is 20.0. The first-order chi connectivity index (χ1) is 13.4. The molecule has 0 bridgehead atoms. The van der Waals surface area contributed by atoms with Crippen molar-refractivity contribution in [2.75, 3.05) is 13.2 Å². The molecule has 3 rings (SSSR count). The molecule has 1 aromatic carbocycles. The molecular formula is C20H23N3O5. The van der Waals surface area contributed by atoms with Crippen molar-refractivity contribution in [1.29, 1.82) is 0 Å². The first kappa shape index (κ1) is 19.5. The van der Waals surface area contributed by atoms with Gasteiger partial charge in [0.05, 0.1) is 11.6 Å². The van der Waals surface area contributed by atoms with E-state index in [0.29, 0.717) is 17.2 Å². The summed E-state index contributed by atoms with van der Waals surface area (Å²) in [6, 6.07) is 10.4. The molecule has 0 aliphatic heterocycles. The smallest absolute Gasteiger partial charge is 0.408 e. The number of pyridine rings is 1. The van der Waals surface area contributed by atoms with Crippen LogP contribution in [0.2, 0.25) is 0 Å². The molecule has 0 saturated carbocycles. The van der Waals surface area contributed by atoms with Crippen LogP contribution in [-0.4, -0.2) is 41.1 Å². The van der Waals surface area contributed by atoms with Crippen LogP contribution in [0.3, 0.4) is 0 Å². The third-order valence-electron chi connectivity index (χ3n) is 3.57. The van der Waals surface area contributed by atoms with Gasteiger partial charge in [0, 0.05) is 6.20 Å². The fraction of sp³-hybridized carbons (Fsp3) is 0.350. The second kappa shape index (κ2) is 8.60. The number of alkyl carbamates (subject to hydrolysis) is 1. The third kappa shape index (κ3) is 5.60. The summed E-state index contributed by atoms with van der Waals surface area (Å²) < 4.78 is 22.0. The van der Waals surface area contributed by atoms with Gasteiger partial charge in [0.15, 0.2) is 5.58 Å². The Bertz CT molecular complexity index is 905. The molecule has 1 N–H and O–H groups in total. The SMILES string of the molecule is CC(C)(C)OC(=O)NC(COc1cccnc1)COc1noc2ccccc12. The van der Waals surface area contributed by atoms with Gasteiger partial charge in [-0.15, -0.1) is 0 Å². The highest BCUT2D eigenvalue weighted by atomic mass is 16.6. The molecule has 0 spiro atoms. The molecule has 1 amide bonds. The number of benzene rings is 1. The number of carbonyl (C=O) groups excluding carboxylic acids is 1. The summed E-state index contributed by atoms with van der Waals surface area (Å²) in [7, 11) is 0. The van der Waals surface area contributed by atoms with Gasteiger partial charge in [-0.3, -0.25) is 4.98 Å². The largest absolute Gasteiger partial charge is 0.490 e. The van der Waals surface area contributed by atoms with E-state index in [9.17, 15) is 4.79 Å². The number of fused-ring (bicyclic) bond motifs is 1. The van der Waals surface area contributed by atoms with Gasteiger partial charge in [0.25, 0.3) is 5.88 Å². The van der Waals surface area contributed by atoms with E-state index >= 15 is 0 Å². The Morgan fingerprint density at radius 1 is 1.14 bits per heavy atom. The predicted octanol–water partition coefficient (Wildman–Crippen LogP) is 3.57. The number of nitrogens with zero attached hydrogens (tertiary/aromatic N) is 2. The Morgan fingerprint density at radius 2 is 1.93 bits per heavy atom. The number of amides is 1. The summed E-state index contributed by atoms with van der Waals surface area (Å²) in [5, 5.41) is 7.45. The van der Waals surface area contributed by atoms with Crippen LogP contribution < -0.4 is 14.8 Å². The number of hydrogen-bond donors (Lipinski definition) is 1. The van der Waals surface area contributed by atoms with E-state index in [4.69, 9.17) is 18.7 Å². The first-order valence-corrected chi connectivity index (χ1v) is 8.90. The highest BCUT2D eigenvalue weighted by Gasteiger charge is 2.21. The van der Waals surface area contributed by atoms with E-state index in [-0.39, 0.29) is 13.2 Å². The summed E-state index contributed by atoms with van der Waals surface area (Å²) in [6.07, 6.45) is 2.69. The van der Waals surface area contributed by atoms with Crippen LogP contribution in [0.5, 0.6) is 11.6 Å². The maximum absolute atomic E-state index is 12.2. The molecule has 0 aliphatic carbocycles. The lowest BCUT2D eigenvalue weighted by Gasteiger charge is -2.23. The van der Waals surface area contributed by atoms with E-state index in [1.807, 2.05) is 18.2 Å². The number of aromatic nitrogens is 2.